The van der Waals surface area contributed by atoms with Gasteiger partial charge in [0.05, 0.1) is 11.0 Å². The quantitative estimate of drug-likeness (QED) is 0.882. The molecule has 0 radical (unpaired) electrons. The van der Waals surface area contributed by atoms with Gasteiger partial charge in [0.2, 0.25) is 0 Å². The summed E-state index contributed by atoms with van der Waals surface area (Å²) in [6.07, 6.45) is -4.31. The highest BCUT2D eigenvalue weighted by atomic mass is 19.4. The fourth-order valence-corrected chi connectivity index (χ4v) is 2.66. The molecule has 0 saturated heterocycles. The predicted molar refractivity (Wildman–Crippen MR) is 59.2 cm³/mol. The number of carboxylic acids is 1. The molecule has 0 bridgehead atoms. The smallest absolute Gasteiger partial charge is 0.416 e. The lowest BCUT2D eigenvalue weighted by molar-refractivity contribution is -0.143. The first kappa shape index (κ1) is 12.9. The van der Waals surface area contributed by atoms with Gasteiger partial charge in [-0.15, -0.1) is 0 Å². The van der Waals surface area contributed by atoms with E-state index in [0.717, 1.165) is 6.07 Å². The molecule has 5 heteroatoms. The van der Waals surface area contributed by atoms with E-state index in [1.807, 2.05) is 0 Å². The molecule has 0 amide bonds. The van der Waals surface area contributed by atoms with Gasteiger partial charge in [0.25, 0.3) is 0 Å². The number of hydrogen-bond donors (Lipinski definition) is 1. The van der Waals surface area contributed by atoms with Crippen LogP contribution in [0.5, 0.6) is 0 Å². The maximum atomic E-state index is 12.9. The van der Waals surface area contributed by atoms with Gasteiger partial charge in [-0.1, -0.05) is 32.0 Å². The number of carbonyl (C=O) groups is 1. The molecule has 0 spiro atoms. The van der Waals surface area contributed by atoms with Crippen molar-refractivity contribution >= 4 is 5.97 Å². The van der Waals surface area contributed by atoms with Crippen LogP contribution in [0.25, 0.3) is 0 Å². The van der Waals surface area contributed by atoms with Crippen LogP contribution in [-0.2, 0) is 16.4 Å². The lowest BCUT2D eigenvalue weighted by Gasteiger charge is -2.21. The van der Waals surface area contributed by atoms with Crippen LogP contribution >= 0.6 is 0 Å². The molecule has 1 aromatic rings. The minimum Gasteiger partial charge on any atom is -0.481 e. The Morgan fingerprint density at radius 1 is 1.28 bits per heavy atom. The standard InChI is InChI=1S/C13H13F3O2/c1-11(2)7-12(11,10(17)18)8-5-3-4-6-9(8)13(14,15)16/h3-6H,7H2,1-2H3,(H,17,18). The van der Waals surface area contributed by atoms with Crippen LogP contribution in [0.2, 0.25) is 0 Å². The molecule has 1 aliphatic rings. The van der Waals surface area contributed by atoms with E-state index in [1.165, 1.54) is 18.2 Å². The highest BCUT2D eigenvalue weighted by Crippen LogP contribution is 2.65. The summed E-state index contributed by atoms with van der Waals surface area (Å²) in [5.74, 6) is -1.19. The maximum Gasteiger partial charge on any atom is 0.416 e. The summed E-state index contributed by atoms with van der Waals surface area (Å²) in [6, 6.07) is 4.93. The van der Waals surface area contributed by atoms with Crippen molar-refractivity contribution in [2.45, 2.75) is 31.9 Å². The molecule has 98 valence electrons. The first-order chi connectivity index (χ1) is 8.13. The van der Waals surface area contributed by atoms with Crippen LogP contribution in [0.15, 0.2) is 24.3 Å². The Morgan fingerprint density at radius 3 is 2.17 bits per heavy atom. The number of carboxylic acid groups (broad SMARTS) is 1. The second-order valence-electron chi connectivity index (χ2n) is 5.31. The molecule has 18 heavy (non-hydrogen) atoms. The van der Waals surface area contributed by atoms with Crippen LogP contribution in [0.3, 0.4) is 0 Å². The second-order valence-corrected chi connectivity index (χ2v) is 5.31. The summed E-state index contributed by atoms with van der Waals surface area (Å²) in [7, 11) is 0. The minimum atomic E-state index is -4.53. The van der Waals surface area contributed by atoms with Crippen molar-refractivity contribution in [2.24, 2.45) is 5.41 Å². The average Bonchev–Trinajstić information content (AvgIpc) is 2.82. The van der Waals surface area contributed by atoms with Crippen LogP contribution in [-0.4, -0.2) is 11.1 Å². The second kappa shape index (κ2) is 3.49. The van der Waals surface area contributed by atoms with E-state index in [1.54, 1.807) is 13.8 Å². The zero-order chi connectivity index (χ0) is 13.8. The first-order valence-electron chi connectivity index (χ1n) is 5.53. The predicted octanol–water partition coefficient (Wildman–Crippen LogP) is 3.46. The monoisotopic (exact) mass is 258 g/mol. The van der Waals surface area contributed by atoms with Gasteiger partial charge in [0.1, 0.15) is 0 Å². The minimum absolute atomic E-state index is 0.130. The number of rotatable bonds is 2. The number of halogens is 3. The van der Waals surface area contributed by atoms with Gasteiger partial charge < -0.3 is 5.11 Å². The molecule has 1 saturated carbocycles. The third kappa shape index (κ3) is 1.61. The van der Waals surface area contributed by atoms with Gasteiger partial charge in [0, 0.05) is 0 Å². The van der Waals surface area contributed by atoms with Crippen molar-refractivity contribution in [3.05, 3.63) is 35.4 Å². The summed E-state index contributed by atoms with van der Waals surface area (Å²) < 4.78 is 38.8. The molecule has 0 heterocycles. The zero-order valence-corrected chi connectivity index (χ0v) is 10.0. The molecule has 1 atom stereocenters. The van der Waals surface area contributed by atoms with E-state index in [0.29, 0.717) is 0 Å². The summed E-state index contributed by atoms with van der Waals surface area (Å²) >= 11 is 0. The van der Waals surface area contributed by atoms with Crippen molar-refractivity contribution in [3.8, 4) is 0 Å². The summed E-state index contributed by atoms with van der Waals surface area (Å²) in [4.78, 5) is 11.4. The molecule has 0 aromatic heterocycles. The Hall–Kier alpha value is -1.52. The molecule has 1 aromatic carbocycles. The molecule has 1 aliphatic carbocycles. The highest BCUT2D eigenvalue weighted by molar-refractivity contribution is 5.87. The van der Waals surface area contributed by atoms with Crippen LogP contribution < -0.4 is 0 Å². The van der Waals surface area contributed by atoms with Crippen LogP contribution in [0.4, 0.5) is 13.2 Å². The van der Waals surface area contributed by atoms with Crippen molar-refractivity contribution in [2.75, 3.05) is 0 Å². The van der Waals surface area contributed by atoms with Crippen molar-refractivity contribution in [3.63, 3.8) is 0 Å². The molecule has 1 fully saturated rings. The van der Waals surface area contributed by atoms with E-state index in [9.17, 15) is 23.1 Å². The molecule has 0 aliphatic heterocycles. The topological polar surface area (TPSA) is 37.3 Å². The Morgan fingerprint density at radius 2 is 1.78 bits per heavy atom. The van der Waals surface area contributed by atoms with E-state index in [-0.39, 0.29) is 12.0 Å². The largest absolute Gasteiger partial charge is 0.481 e. The van der Waals surface area contributed by atoms with Crippen molar-refractivity contribution in [1.82, 2.24) is 0 Å². The SMILES string of the molecule is CC1(C)CC1(C(=O)O)c1ccccc1C(F)(F)F. The van der Waals surface area contributed by atoms with Crippen molar-refractivity contribution < 1.29 is 23.1 Å². The lowest BCUT2D eigenvalue weighted by atomic mass is 9.85. The Balaban J connectivity index is 2.63. The highest BCUT2D eigenvalue weighted by Gasteiger charge is 2.69. The summed E-state index contributed by atoms with van der Waals surface area (Å²) in [5, 5.41) is 9.32. The first-order valence-corrected chi connectivity index (χ1v) is 5.53. The molecular weight excluding hydrogens is 245 g/mol. The fraction of sp³-hybridized carbons (Fsp3) is 0.462. The molecular formula is C13H13F3O2. The lowest BCUT2D eigenvalue weighted by Crippen LogP contribution is -2.28. The van der Waals surface area contributed by atoms with Crippen LogP contribution in [0, 0.1) is 5.41 Å². The molecule has 1 N–H and O–H groups in total. The number of alkyl halides is 3. The van der Waals surface area contributed by atoms with Gasteiger partial charge in [0.15, 0.2) is 0 Å². The van der Waals surface area contributed by atoms with E-state index in [2.05, 4.69) is 0 Å². The van der Waals surface area contributed by atoms with E-state index >= 15 is 0 Å². The van der Waals surface area contributed by atoms with Gasteiger partial charge in [-0.3, -0.25) is 4.79 Å². The van der Waals surface area contributed by atoms with E-state index in [4.69, 9.17) is 0 Å². The number of benzene rings is 1. The Bertz CT molecular complexity index is 505. The van der Waals surface area contributed by atoms with Gasteiger partial charge in [-0.05, 0) is 23.5 Å². The summed E-state index contributed by atoms with van der Waals surface area (Å²) in [5.41, 5.74) is -3.05. The van der Waals surface area contributed by atoms with E-state index < -0.39 is 28.5 Å². The fourth-order valence-electron chi connectivity index (χ4n) is 2.66. The molecule has 1 unspecified atom stereocenters. The zero-order valence-electron chi connectivity index (χ0n) is 10.0. The van der Waals surface area contributed by atoms with Gasteiger partial charge in [-0.25, -0.2) is 0 Å². The third-order valence-corrected chi connectivity index (χ3v) is 3.79. The normalized spacial score (nSPS) is 25.8. The molecule has 2 rings (SSSR count). The number of aliphatic carboxylic acids is 1. The Kier molecular flexibility index (Phi) is 2.51. The summed E-state index contributed by atoms with van der Waals surface area (Å²) in [6.45, 7) is 3.35. The number of hydrogen-bond acceptors (Lipinski definition) is 1. The third-order valence-electron chi connectivity index (χ3n) is 3.79. The van der Waals surface area contributed by atoms with Gasteiger partial charge >= 0.3 is 12.1 Å². The van der Waals surface area contributed by atoms with Gasteiger partial charge in [-0.2, -0.15) is 13.2 Å². The Labute approximate surface area is 102 Å². The molecule has 2 nitrogen and oxygen atoms in total. The van der Waals surface area contributed by atoms with Crippen LogP contribution in [0.1, 0.15) is 31.4 Å². The van der Waals surface area contributed by atoms with Crippen molar-refractivity contribution in [1.29, 1.82) is 0 Å². The average molecular weight is 258 g/mol. The maximum absolute atomic E-state index is 12.9.